The highest BCUT2D eigenvalue weighted by molar-refractivity contribution is 6.06. The Labute approximate surface area is 391 Å². The first kappa shape index (κ1) is 39.9. The second-order valence-corrected chi connectivity index (χ2v) is 17.0. The van der Waals surface area contributed by atoms with E-state index in [9.17, 15) is 0 Å². The lowest BCUT2D eigenvalue weighted by molar-refractivity contribution is 0.405. The van der Waals surface area contributed by atoms with Gasteiger partial charge in [-0.1, -0.05) is 224 Å². The van der Waals surface area contributed by atoms with Crippen LogP contribution in [-0.2, 0) is 0 Å². The first-order chi connectivity index (χ1) is 33.2. The number of hydrogen-bond acceptors (Lipinski definition) is 4. The maximum absolute atomic E-state index is 5.37. The van der Waals surface area contributed by atoms with E-state index in [1.54, 1.807) is 0 Å². The van der Waals surface area contributed by atoms with Crippen LogP contribution < -0.4 is 5.43 Å². The molecule has 67 heavy (non-hydrogen) atoms. The van der Waals surface area contributed by atoms with E-state index in [2.05, 4.69) is 265 Å². The summed E-state index contributed by atoms with van der Waals surface area (Å²) in [5.74, 6) is 0.667. The maximum Gasteiger partial charge on any atom is 0.160 e. The molecule has 4 heteroatoms. The van der Waals surface area contributed by atoms with Gasteiger partial charge in [0, 0.05) is 27.8 Å². The van der Waals surface area contributed by atoms with Gasteiger partial charge in [0.25, 0.3) is 0 Å². The van der Waals surface area contributed by atoms with Crippen LogP contribution in [0.5, 0.6) is 0 Å². The van der Waals surface area contributed by atoms with Gasteiger partial charge in [0.2, 0.25) is 0 Å². The van der Waals surface area contributed by atoms with Gasteiger partial charge in [-0.2, -0.15) is 0 Å². The molecule has 1 aromatic heterocycles. The predicted molar refractivity (Wildman–Crippen MR) is 276 cm³/mol. The first-order valence-electron chi connectivity index (χ1n) is 22.8. The molecule has 316 valence electrons. The Morgan fingerprint density at radius 2 is 0.776 bits per heavy atom. The summed E-state index contributed by atoms with van der Waals surface area (Å²) in [4.78, 5) is 10.7. The van der Waals surface area contributed by atoms with Crippen molar-refractivity contribution in [2.24, 2.45) is 0 Å². The van der Waals surface area contributed by atoms with Crippen molar-refractivity contribution in [3.8, 4) is 67.3 Å². The molecule has 1 atom stereocenters. The van der Waals surface area contributed by atoms with Gasteiger partial charge in [-0.15, -0.1) is 0 Å². The van der Waals surface area contributed by atoms with Crippen LogP contribution in [0.3, 0.4) is 0 Å². The molecule has 0 aliphatic carbocycles. The highest BCUT2D eigenvalue weighted by Crippen LogP contribution is 2.51. The smallest absolute Gasteiger partial charge is 0.160 e. The molecule has 0 saturated carbocycles. The average molecular weight is 857 g/mol. The molecule has 2 aliphatic heterocycles. The van der Waals surface area contributed by atoms with Crippen molar-refractivity contribution in [2.75, 3.05) is 0 Å². The molecule has 0 saturated heterocycles. The van der Waals surface area contributed by atoms with Crippen LogP contribution in [0.15, 0.2) is 249 Å². The summed E-state index contributed by atoms with van der Waals surface area (Å²) in [6.07, 6.45) is 2.35. The van der Waals surface area contributed by atoms with E-state index in [0.717, 1.165) is 78.4 Å². The molecule has 1 N–H and O–H groups in total. The van der Waals surface area contributed by atoms with Gasteiger partial charge in [-0.25, -0.2) is 15.4 Å². The zero-order valence-electron chi connectivity index (χ0n) is 36.7. The van der Waals surface area contributed by atoms with Crippen molar-refractivity contribution in [1.82, 2.24) is 20.4 Å². The number of hydrogen-bond donors (Lipinski definition) is 1. The second-order valence-electron chi connectivity index (χ2n) is 17.0. The van der Waals surface area contributed by atoms with Crippen molar-refractivity contribution in [3.05, 3.63) is 277 Å². The lowest BCUT2D eigenvalue weighted by Crippen LogP contribution is -2.33. The van der Waals surface area contributed by atoms with Gasteiger partial charge in [0.1, 0.15) is 0 Å². The molecule has 0 fully saturated rings. The van der Waals surface area contributed by atoms with Crippen molar-refractivity contribution in [2.45, 2.75) is 6.04 Å². The Morgan fingerprint density at radius 3 is 1.36 bits per heavy atom. The zero-order chi connectivity index (χ0) is 44.5. The Hall–Kier alpha value is -8.70. The average Bonchev–Trinajstić information content (AvgIpc) is 3.83. The molecule has 10 aromatic rings. The van der Waals surface area contributed by atoms with Gasteiger partial charge >= 0.3 is 0 Å². The van der Waals surface area contributed by atoms with E-state index in [4.69, 9.17) is 9.97 Å². The molecular weight excluding hydrogens is 813 g/mol. The van der Waals surface area contributed by atoms with Crippen LogP contribution in [-0.4, -0.2) is 15.0 Å². The van der Waals surface area contributed by atoms with E-state index in [-0.39, 0.29) is 6.04 Å². The van der Waals surface area contributed by atoms with Crippen molar-refractivity contribution in [3.63, 3.8) is 0 Å². The lowest BCUT2D eigenvalue weighted by Gasteiger charge is -2.32. The molecule has 4 nitrogen and oxygen atoms in total. The highest BCUT2D eigenvalue weighted by Gasteiger charge is 2.39. The van der Waals surface area contributed by atoms with Crippen LogP contribution in [0, 0.1) is 0 Å². The minimum absolute atomic E-state index is 0.0657. The second kappa shape index (κ2) is 17.4. The van der Waals surface area contributed by atoms with Crippen LogP contribution in [0.25, 0.3) is 90.3 Å². The lowest BCUT2D eigenvalue weighted by atomic mass is 9.85. The van der Waals surface area contributed by atoms with Crippen LogP contribution >= 0.6 is 0 Å². The standard InChI is InChI=1S/C63H44N4/c1-6-20-43(21-7-1)48-30-16-33-51(38-48)57-42-58(52-34-17-31-49(39-52)44-22-8-2-9-23-44)65-63(64-57)53-35-18-32-50(40-53)54-36-19-37-55-56(54)41-59(45-24-10-3-11-25-45)67-62(55)60(46-26-12-4-13-27-46)61(66-67)47-28-14-5-15-29-47/h1-42,61,66H. The molecule has 0 bridgehead atoms. The third kappa shape index (κ3) is 7.65. The van der Waals surface area contributed by atoms with E-state index < -0.39 is 0 Å². The van der Waals surface area contributed by atoms with Gasteiger partial charge in [-0.3, -0.25) is 5.01 Å². The number of benzene rings is 9. The number of nitrogens with zero attached hydrogens (tertiary/aromatic N) is 3. The number of aromatic nitrogens is 2. The molecule has 12 rings (SSSR count). The molecular formula is C63H44N4. The highest BCUT2D eigenvalue weighted by atomic mass is 15.6. The van der Waals surface area contributed by atoms with E-state index in [1.807, 2.05) is 0 Å². The largest absolute Gasteiger partial charge is 0.274 e. The number of fused-ring (bicyclic) bond motifs is 3. The fourth-order valence-electron chi connectivity index (χ4n) is 9.66. The summed E-state index contributed by atoms with van der Waals surface area (Å²) in [5.41, 5.74) is 24.9. The molecule has 2 aliphatic rings. The minimum atomic E-state index is -0.0657. The SMILES string of the molecule is C1=C(c2ccccc2)N2NC(c3ccccc3)C(c3ccccc3)=C2c2cccc(-c3cccc(-c4nc(-c5cccc(-c6ccccc6)c5)cc(-c5cccc(-c6ccccc6)c5)n4)c3)c21. The van der Waals surface area contributed by atoms with Crippen LogP contribution in [0.4, 0.5) is 0 Å². The van der Waals surface area contributed by atoms with Gasteiger partial charge in [-0.05, 0) is 86.0 Å². The van der Waals surface area contributed by atoms with Gasteiger partial charge < -0.3 is 0 Å². The Balaban J connectivity index is 1.03. The number of nitrogens with one attached hydrogen (secondary N) is 1. The summed E-state index contributed by atoms with van der Waals surface area (Å²) in [6, 6.07) is 88.2. The fourth-order valence-corrected chi connectivity index (χ4v) is 9.66. The van der Waals surface area contributed by atoms with E-state index >= 15 is 0 Å². The normalized spacial score (nSPS) is 14.1. The number of rotatable bonds is 9. The summed E-state index contributed by atoms with van der Waals surface area (Å²) in [6.45, 7) is 0. The summed E-state index contributed by atoms with van der Waals surface area (Å²) >= 11 is 0. The first-order valence-corrected chi connectivity index (χ1v) is 22.8. The van der Waals surface area contributed by atoms with E-state index in [1.165, 1.54) is 27.8 Å². The number of hydrazine groups is 1. The Morgan fingerprint density at radius 1 is 0.343 bits per heavy atom. The quantitative estimate of drug-likeness (QED) is 0.157. The Kier molecular flexibility index (Phi) is 10.3. The molecule has 0 spiro atoms. The minimum Gasteiger partial charge on any atom is -0.274 e. The maximum atomic E-state index is 5.37. The van der Waals surface area contributed by atoms with Crippen LogP contribution in [0.2, 0.25) is 0 Å². The summed E-state index contributed by atoms with van der Waals surface area (Å²) in [5, 5.41) is 2.32. The zero-order valence-corrected chi connectivity index (χ0v) is 36.7. The summed E-state index contributed by atoms with van der Waals surface area (Å²) in [7, 11) is 0. The molecule has 9 aromatic carbocycles. The van der Waals surface area contributed by atoms with Crippen LogP contribution in [0.1, 0.15) is 33.9 Å². The third-order valence-corrected chi connectivity index (χ3v) is 12.9. The Bertz CT molecular complexity index is 3370. The van der Waals surface area contributed by atoms with Gasteiger partial charge in [0.15, 0.2) is 5.82 Å². The molecule has 0 amide bonds. The van der Waals surface area contributed by atoms with Crippen molar-refractivity contribution >= 4 is 23.0 Å². The van der Waals surface area contributed by atoms with E-state index in [0.29, 0.717) is 5.82 Å². The van der Waals surface area contributed by atoms with Crippen molar-refractivity contribution in [1.29, 1.82) is 0 Å². The van der Waals surface area contributed by atoms with Crippen molar-refractivity contribution < 1.29 is 0 Å². The van der Waals surface area contributed by atoms with Gasteiger partial charge in [0.05, 0.1) is 28.8 Å². The topological polar surface area (TPSA) is 41.0 Å². The molecule has 3 heterocycles. The predicted octanol–water partition coefficient (Wildman–Crippen LogP) is 15.4. The summed E-state index contributed by atoms with van der Waals surface area (Å²) < 4.78 is 0. The fraction of sp³-hybridized carbons (Fsp3) is 0.0159. The molecule has 1 unspecified atom stereocenters. The third-order valence-electron chi connectivity index (χ3n) is 12.9. The monoisotopic (exact) mass is 856 g/mol. The molecule has 0 radical (unpaired) electrons.